The zero-order valence-electron chi connectivity index (χ0n) is 13.5. The first-order chi connectivity index (χ1) is 12.1. The number of rotatable bonds is 5. The first-order valence-corrected chi connectivity index (χ1v) is 11.1. The van der Waals surface area contributed by atoms with Crippen LogP contribution in [0.3, 0.4) is 0 Å². The van der Waals surface area contributed by atoms with Crippen LogP contribution >= 0.6 is 17.2 Å². The number of carboxylic acid groups (broad SMARTS) is 1. The summed E-state index contributed by atoms with van der Waals surface area (Å²) in [5.41, 5.74) is 0. The van der Waals surface area contributed by atoms with Crippen molar-refractivity contribution in [3.8, 4) is 0 Å². The standard InChI is InChI=1S/C21H18ClO2P/c22-25(17-16-21(23)24,18-10-4-1-5-11-18,19-12-6-2-7-13-19)20-14-8-3-9-15-20/h1-17H,(H,23,24). The molecule has 1 N–H and O–H groups in total. The Morgan fingerprint density at radius 3 is 1.32 bits per heavy atom. The molecule has 0 radical (unpaired) electrons. The zero-order valence-corrected chi connectivity index (χ0v) is 15.1. The Morgan fingerprint density at radius 2 is 1.04 bits per heavy atom. The number of carboxylic acids is 1. The predicted molar refractivity (Wildman–Crippen MR) is 108 cm³/mol. The molecule has 2 nitrogen and oxygen atoms in total. The van der Waals surface area contributed by atoms with E-state index in [9.17, 15) is 9.90 Å². The van der Waals surface area contributed by atoms with Gasteiger partial charge in [0.2, 0.25) is 0 Å². The first-order valence-electron chi connectivity index (χ1n) is 7.88. The van der Waals surface area contributed by atoms with E-state index in [1.807, 2.05) is 91.0 Å². The van der Waals surface area contributed by atoms with E-state index in [1.165, 1.54) is 0 Å². The monoisotopic (exact) mass is 368 g/mol. The van der Waals surface area contributed by atoms with Gasteiger partial charge < -0.3 is 0 Å². The van der Waals surface area contributed by atoms with Gasteiger partial charge in [-0.15, -0.1) is 0 Å². The van der Waals surface area contributed by atoms with Crippen LogP contribution in [0, 0.1) is 0 Å². The number of carbonyl (C=O) groups is 1. The number of hydrogen-bond donors (Lipinski definition) is 1. The van der Waals surface area contributed by atoms with E-state index in [1.54, 1.807) is 5.82 Å². The molecule has 0 unspecified atom stereocenters. The molecule has 25 heavy (non-hydrogen) atoms. The number of aliphatic carboxylic acids is 1. The Morgan fingerprint density at radius 1 is 0.720 bits per heavy atom. The molecule has 0 aliphatic rings. The van der Waals surface area contributed by atoms with Gasteiger partial charge in [-0.25, -0.2) is 0 Å². The molecule has 0 aromatic heterocycles. The van der Waals surface area contributed by atoms with Crippen LogP contribution in [0.2, 0.25) is 0 Å². The van der Waals surface area contributed by atoms with Crippen molar-refractivity contribution < 1.29 is 9.90 Å². The second kappa shape index (κ2) is 6.84. The van der Waals surface area contributed by atoms with Crippen LogP contribution in [0.5, 0.6) is 0 Å². The minimum absolute atomic E-state index is 0.907. The van der Waals surface area contributed by atoms with Gasteiger partial charge in [-0.3, -0.25) is 0 Å². The molecule has 126 valence electrons. The third-order valence-corrected chi connectivity index (χ3v) is 11.0. The van der Waals surface area contributed by atoms with E-state index in [0.717, 1.165) is 22.0 Å². The van der Waals surface area contributed by atoms with Gasteiger partial charge >= 0.3 is 152 Å². The summed E-state index contributed by atoms with van der Waals surface area (Å²) in [6.07, 6.45) is 1.16. The zero-order chi connectivity index (χ0) is 17.8. The fourth-order valence-electron chi connectivity index (χ4n) is 3.07. The molecule has 4 heteroatoms. The Bertz CT molecular complexity index is 794. The summed E-state index contributed by atoms with van der Waals surface area (Å²) < 4.78 is 0. The van der Waals surface area contributed by atoms with Crippen molar-refractivity contribution >= 4 is 39.1 Å². The number of halogens is 1. The quantitative estimate of drug-likeness (QED) is 0.539. The van der Waals surface area contributed by atoms with Crippen molar-refractivity contribution in [3.05, 3.63) is 103 Å². The van der Waals surface area contributed by atoms with Crippen LogP contribution < -0.4 is 15.9 Å². The maximum atomic E-state index is 11.4. The van der Waals surface area contributed by atoms with E-state index in [2.05, 4.69) is 0 Å². The molecular formula is C21H18ClO2P. The molecule has 0 saturated heterocycles. The summed E-state index contributed by atoms with van der Waals surface area (Å²) in [5.74, 6) is -2.91. The third-order valence-electron chi connectivity index (χ3n) is 4.28. The summed E-state index contributed by atoms with van der Waals surface area (Å²) in [6, 6.07) is 29.2. The Labute approximate surface area is 152 Å². The van der Waals surface area contributed by atoms with Gasteiger partial charge in [0.15, 0.2) is 0 Å². The third kappa shape index (κ3) is 3.00. The van der Waals surface area contributed by atoms with Gasteiger partial charge in [-0.05, 0) is 0 Å². The molecule has 3 aromatic carbocycles. The second-order valence-corrected chi connectivity index (χ2v) is 11.8. The molecule has 3 rings (SSSR count). The summed E-state index contributed by atoms with van der Waals surface area (Å²) in [4.78, 5) is 11.4. The van der Waals surface area contributed by atoms with E-state index in [0.29, 0.717) is 0 Å². The van der Waals surface area contributed by atoms with E-state index in [4.69, 9.17) is 11.2 Å². The summed E-state index contributed by atoms with van der Waals surface area (Å²) >= 11 is 7.60. The molecule has 0 aliphatic heterocycles. The average Bonchev–Trinajstić information content (AvgIpc) is 2.68. The first kappa shape index (κ1) is 17.4. The van der Waals surface area contributed by atoms with Crippen molar-refractivity contribution in [2.45, 2.75) is 0 Å². The van der Waals surface area contributed by atoms with Crippen LogP contribution in [-0.2, 0) is 4.79 Å². The number of benzene rings is 3. The van der Waals surface area contributed by atoms with E-state index in [-0.39, 0.29) is 0 Å². The van der Waals surface area contributed by atoms with Crippen LogP contribution in [0.25, 0.3) is 0 Å². The van der Waals surface area contributed by atoms with Gasteiger partial charge in [-0.2, -0.15) is 0 Å². The van der Waals surface area contributed by atoms with Gasteiger partial charge in [-0.1, -0.05) is 0 Å². The molecule has 0 atom stereocenters. The summed E-state index contributed by atoms with van der Waals surface area (Å²) in [5, 5.41) is 12.0. The van der Waals surface area contributed by atoms with Crippen molar-refractivity contribution in [3.63, 3.8) is 0 Å². The van der Waals surface area contributed by atoms with Crippen LogP contribution in [0.15, 0.2) is 103 Å². The molecule has 0 aliphatic carbocycles. The van der Waals surface area contributed by atoms with Crippen molar-refractivity contribution in [2.24, 2.45) is 0 Å². The maximum absolute atomic E-state index is 11.4. The normalized spacial score (nSPS) is 13.2. The molecule has 0 spiro atoms. The van der Waals surface area contributed by atoms with Gasteiger partial charge in [0.1, 0.15) is 0 Å². The molecule has 0 heterocycles. The second-order valence-electron chi connectivity index (χ2n) is 5.73. The van der Waals surface area contributed by atoms with Gasteiger partial charge in [0.25, 0.3) is 0 Å². The number of hydrogen-bond acceptors (Lipinski definition) is 1. The fraction of sp³-hybridized carbons (Fsp3) is 0. The molecule has 0 saturated carbocycles. The molecule has 0 amide bonds. The van der Waals surface area contributed by atoms with Crippen molar-refractivity contribution in [1.82, 2.24) is 0 Å². The van der Waals surface area contributed by atoms with E-state index >= 15 is 0 Å². The van der Waals surface area contributed by atoms with Crippen molar-refractivity contribution in [1.29, 1.82) is 0 Å². The summed E-state index contributed by atoms with van der Waals surface area (Å²) in [7, 11) is 0. The molecule has 0 fully saturated rings. The van der Waals surface area contributed by atoms with Crippen LogP contribution in [0.4, 0.5) is 0 Å². The topological polar surface area (TPSA) is 37.3 Å². The molecular weight excluding hydrogens is 351 g/mol. The Kier molecular flexibility index (Phi) is 4.76. The minimum atomic E-state index is -3.59. The van der Waals surface area contributed by atoms with Gasteiger partial charge in [0, 0.05) is 0 Å². The molecule has 0 bridgehead atoms. The van der Waals surface area contributed by atoms with E-state index < -0.39 is 11.9 Å². The SMILES string of the molecule is O=C(O)C=CP(Cl)(c1ccccc1)(c1ccccc1)c1ccccc1. The Balaban J connectivity index is 2.47. The summed E-state index contributed by atoms with van der Waals surface area (Å²) in [6.45, 7) is 0. The average molecular weight is 369 g/mol. The molecule has 3 aromatic rings. The van der Waals surface area contributed by atoms with Crippen molar-refractivity contribution in [2.75, 3.05) is 0 Å². The predicted octanol–water partition coefficient (Wildman–Crippen LogP) is 4.27. The Hall–Kier alpha value is -2.41. The fourth-order valence-corrected chi connectivity index (χ4v) is 8.33. The van der Waals surface area contributed by atoms with Crippen LogP contribution in [-0.4, -0.2) is 11.1 Å². The van der Waals surface area contributed by atoms with Crippen LogP contribution in [0.1, 0.15) is 0 Å². The van der Waals surface area contributed by atoms with Gasteiger partial charge in [0.05, 0.1) is 0 Å².